The van der Waals surface area contributed by atoms with Crippen LogP contribution in [0.3, 0.4) is 0 Å². The third kappa shape index (κ3) is 2.60. The summed E-state index contributed by atoms with van der Waals surface area (Å²) in [6.45, 7) is 3.60. The molecule has 0 aromatic carbocycles. The van der Waals surface area contributed by atoms with Gasteiger partial charge in [0.05, 0.1) is 6.10 Å². The second-order valence-electron chi connectivity index (χ2n) is 5.59. The minimum absolute atomic E-state index is 0.0765. The number of likely N-dealkylation sites (tertiary alicyclic amines) is 1. The zero-order chi connectivity index (χ0) is 13.4. The van der Waals surface area contributed by atoms with Crippen molar-refractivity contribution in [3.63, 3.8) is 0 Å². The molecule has 3 rings (SSSR count). The van der Waals surface area contributed by atoms with Gasteiger partial charge in [0.2, 0.25) is 5.91 Å². The van der Waals surface area contributed by atoms with Gasteiger partial charge in [0.15, 0.2) is 0 Å². The summed E-state index contributed by atoms with van der Waals surface area (Å²) >= 11 is 1.69. The number of fused-ring (bicyclic) bond motifs is 1. The van der Waals surface area contributed by atoms with E-state index >= 15 is 0 Å². The normalized spacial score (nSPS) is 30.2. The van der Waals surface area contributed by atoms with Crippen LogP contribution in [0.15, 0.2) is 18.2 Å². The maximum absolute atomic E-state index is 12.1. The Balaban J connectivity index is 1.61. The molecule has 1 saturated heterocycles. The van der Waals surface area contributed by atoms with Crippen LogP contribution in [0.5, 0.6) is 0 Å². The van der Waals surface area contributed by atoms with Crippen molar-refractivity contribution < 1.29 is 9.90 Å². The highest BCUT2D eigenvalue weighted by Gasteiger charge is 2.42. The second-order valence-corrected chi connectivity index (χ2v) is 6.91. The van der Waals surface area contributed by atoms with Crippen molar-refractivity contribution in [1.29, 1.82) is 0 Å². The summed E-state index contributed by atoms with van der Waals surface area (Å²) in [4.78, 5) is 16.4. The zero-order valence-electron chi connectivity index (χ0n) is 11.1. The Morgan fingerprint density at radius 2 is 2.26 bits per heavy atom. The predicted octanol–water partition coefficient (Wildman–Crippen LogP) is 2.30. The van der Waals surface area contributed by atoms with Gasteiger partial charge in [-0.15, -0.1) is 11.3 Å². The predicted molar refractivity (Wildman–Crippen MR) is 76.9 cm³/mol. The van der Waals surface area contributed by atoms with Crippen molar-refractivity contribution in [1.82, 2.24) is 4.90 Å². The van der Waals surface area contributed by atoms with Crippen LogP contribution in [0.4, 0.5) is 0 Å². The molecule has 4 heteroatoms. The Labute approximate surface area is 117 Å². The van der Waals surface area contributed by atoms with E-state index in [0.29, 0.717) is 11.8 Å². The average molecular weight is 277 g/mol. The topological polar surface area (TPSA) is 40.5 Å². The van der Waals surface area contributed by atoms with Crippen LogP contribution in [0.25, 0.3) is 6.08 Å². The molecule has 2 aliphatic rings. The van der Waals surface area contributed by atoms with Gasteiger partial charge in [0.25, 0.3) is 0 Å². The molecule has 3 nitrogen and oxygen atoms in total. The van der Waals surface area contributed by atoms with Crippen molar-refractivity contribution in [2.45, 2.75) is 25.9 Å². The number of aryl methyl sites for hydroxylation is 1. The van der Waals surface area contributed by atoms with Gasteiger partial charge < -0.3 is 10.0 Å². The van der Waals surface area contributed by atoms with E-state index in [1.165, 1.54) is 4.88 Å². The number of rotatable bonds is 2. The molecule has 1 N–H and O–H groups in total. The smallest absolute Gasteiger partial charge is 0.246 e. The molecule has 0 spiro atoms. The van der Waals surface area contributed by atoms with E-state index in [0.717, 1.165) is 30.8 Å². The van der Waals surface area contributed by atoms with Gasteiger partial charge in [0, 0.05) is 34.8 Å². The van der Waals surface area contributed by atoms with Crippen LogP contribution < -0.4 is 0 Å². The molecule has 1 aromatic heterocycles. The Kier molecular flexibility index (Phi) is 3.46. The van der Waals surface area contributed by atoms with Crippen LogP contribution >= 0.6 is 11.3 Å². The van der Waals surface area contributed by atoms with E-state index in [4.69, 9.17) is 0 Å². The summed E-state index contributed by atoms with van der Waals surface area (Å²) in [5, 5.41) is 9.86. The third-order valence-electron chi connectivity index (χ3n) is 4.28. The molecule has 1 amide bonds. The van der Waals surface area contributed by atoms with Crippen molar-refractivity contribution in [3.05, 3.63) is 28.0 Å². The van der Waals surface area contributed by atoms with Gasteiger partial charge in [-0.3, -0.25) is 4.79 Å². The molecule has 0 radical (unpaired) electrons. The number of amides is 1. The molecule has 2 heterocycles. The number of thiophene rings is 1. The third-order valence-corrected chi connectivity index (χ3v) is 5.25. The molecule has 2 fully saturated rings. The number of aliphatic hydroxyl groups is 1. The average Bonchev–Trinajstić information content (AvgIpc) is 3.05. The zero-order valence-corrected chi connectivity index (χ0v) is 11.9. The fourth-order valence-corrected chi connectivity index (χ4v) is 4.00. The Morgan fingerprint density at radius 3 is 2.95 bits per heavy atom. The summed E-state index contributed by atoms with van der Waals surface area (Å²) in [5.41, 5.74) is 0. The maximum atomic E-state index is 12.1. The molecular weight excluding hydrogens is 258 g/mol. The van der Waals surface area contributed by atoms with Crippen molar-refractivity contribution in [2.24, 2.45) is 11.8 Å². The first-order chi connectivity index (χ1) is 9.13. The van der Waals surface area contributed by atoms with Crippen LogP contribution in [-0.4, -0.2) is 35.1 Å². The highest BCUT2D eigenvalue weighted by molar-refractivity contribution is 7.12. The largest absolute Gasteiger partial charge is 0.393 e. The number of carbonyl (C=O) groups excluding carboxylic acids is 1. The quantitative estimate of drug-likeness (QED) is 0.843. The Hall–Kier alpha value is -1.13. The van der Waals surface area contributed by atoms with Crippen LogP contribution in [0, 0.1) is 18.8 Å². The van der Waals surface area contributed by atoms with E-state index < -0.39 is 0 Å². The number of aliphatic hydroxyl groups excluding tert-OH is 1. The standard InChI is InChI=1S/C15H19NO2S/c1-10-2-4-12(19-10)5-7-15(18)16-8-11-3-6-14(17)13(11)9-16/h2,4-5,7,11,13-14,17H,3,6,8-9H2,1H3/b7-5+. The van der Waals surface area contributed by atoms with Crippen molar-refractivity contribution in [2.75, 3.05) is 13.1 Å². The molecule has 1 aliphatic heterocycles. The second kappa shape index (κ2) is 5.10. The fourth-order valence-electron chi connectivity index (χ4n) is 3.22. The van der Waals surface area contributed by atoms with Gasteiger partial charge in [-0.25, -0.2) is 0 Å². The molecule has 0 bridgehead atoms. The number of hydrogen-bond acceptors (Lipinski definition) is 3. The lowest BCUT2D eigenvalue weighted by Gasteiger charge is -2.16. The fraction of sp³-hybridized carbons (Fsp3) is 0.533. The molecule has 19 heavy (non-hydrogen) atoms. The maximum Gasteiger partial charge on any atom is 0.246 e. The van der Waals surface area contributed by atoms with Crippen LogP contribution in [0.1, 0.15) is 22.6 Å². The van der Waals surface area contributed by atoms with Gasteiger partial charge in [-0.1, -0.05) is 0 Å². The Morgan fingerprint density at radius 1 is 1.42 bits per heavy atom. The molecule has 1 aliphatic carbocycles. The van der Waals surface area contributed by atoms with E-state index in [2.05, 4.69) is 13.0 Å². The highest BCUT2D eigenvalue weighted by Crippen LogP contribution is 2.38. The van der Waals surface area contributed by atoms with Crippen molar-refractivity contribution in [3.8, 4) is 0 Å². The van der Waals surface area contributed by atoms with Gasteiger partial charge in [-0.05, 0) is 43.9 Å². The first-order valence-electron chi connectivity index (χ1n) is 6.85. The molecule has 1 aromatic rings. The van der Waals surface area contributed by atoms with Gasteiger partial charge in [0.1, 0.15) is 0 Å². The molecular formula is C15H19NO2S. The Bertz CT molecular complexity index is 508. The van der Waals surface area contributed by atoms with E-state index in [-0.39, 0.29) is 12.0 Å². The first-order valence-corrected chi connectivity index (χ1v) is 7.66. The summed E-state index contributed by atoms with van der Waals surface area (Å²) < 4.78 is 0. The highest BCUT2D eigenvalue weighted by atomic mass is 32.1. The monoisotopic (exact) mass is 277 g/mol. The minimum atomic E-state index is -0.202. The van der Waals surface area contributed by atoms with Crippen LogP contribution in [-0.2, 0) is 4.79 Å². The van der Waals surface area contributed by atoms with Crippen molar-refractivity contribution >= 4 is 23.3 Å². The summed E-state index contributed by atoms with van der Waals surface area (Å²) in [5.74, 6) is 0.894. The molecule has 102 valence electrons. The lowest BCUT2D eigenvalue weighted by atomic mass is 10.00. The summed E-state index contributed by atoms with van der Waals surface area (Å²) in [7, 11) is 0. The van der Waals surface area contributed by atoms with E-state index in [1.807, 2.05) is 17.0 Å². The molecule has 3 unspecified atom stereocenters. The van der Waals surface area contributed by atoms with Gasteiger partial charge in [-0.2, -0.15) is 0 Å². The lowest BCUT2D eigenvalue weighted by molar-refractivity contribution is -0.125. The molecule has 1 saturated carbocycles. The number of hydrogen-bond donors (Lipinski definition) is 1. The number of nitrogens with zero attached hydrogens (tertiary/aromatic N) is 1. The SMILES string of the molecule is Cc1ccc(/C=C/C(=O)N2CC3CCC(O)C3C2)s1. The van der Waals surface area contributed by atoms with Crippen LogP contribution in [0.2, 0.25) is 0 Å². The molecule has 3 atom stereocenters. The lowest BCUT2D eigenvalue weighted by Crippen LogP contribution is -2.29. The first kappa shape index (κ1) is 12.9. The van der Waals surface area contributed by atoms with E-state index in [1.54, 1.807) is 17.4 Å². The van der Waals surface area contributed by atoms with Gasteiger partial charge >= 0.3 is 0 Å². The number of carbonyl (C=O) groups is 1. The summed E-state index contributed by atoms with van der Waals surface area (Å²) in [6, 6.07) is 4.09. The van der Waals surface area contributed by atoms with E-state index in [9.17, 15) is 9.90 Å². The summed E-state index contributed by atoms with van der Waals surface area (Å²) in [6.07, 6.45) is 5.32. The minimum Gasteiger partial charge on any atom is -0.393 e.